The fourth-order valence-electron chi connectivity index (χ4n) is 0. The lowest BCUT2D eigenvalue weighted by molar-refractivity contribution is -0.176. The predicted molar refractivity (Wildman–Crippen MR) is 32.9 cm³/mol. The van der Waals surface area contributed by atoms with Gasteiger partial charge in [-0.05, 0) is 0 Å². The van der Waals surface area contributed by atoms with E-state index in [1.165, 1.54) is 0 Å². The molecule has 0 aliphatic carbocycles. The van der Waals surface area contributed by atoms with Crippen LogP contribution in [0.1, 0.15) is 0 Å². The van der Waals surface area contributed by atoms with Gasteiger partial charge in [-0.25, -0.2) is 9.60 Å². The lowest BCUT2D eigenvalue weighted by Crippen LogP contribution is -2.18. The van der Waals surface area contributed by atoms with E-state index in [1.54, 1.807) is 0 Å². The fraction of sp³-hybridized carbons (Fsp3) is 0. The molecule has 0 aromatic carbocycles. The average Bonchev–Trinajstić information content (AvgIpc) is 1.91. The van der Waals surface area contributed by atoms with Gasteiger partial charge in [0.25, 0.3) is 0 Å². The van der Waals surface area contributed by atoms with Gasteiger partial charge in [0, 0.05) is 0 Å². The molecule has 10 heteroatoms. The van der Waals surface area contributed by atoms with Crippen molar-refractivity contribution in [1.29, 1.82) is 0 Å². The molecule has 68 valence electrons. The van der Waals surface area contributed by atoms with Crippen molar-refractivity contribution in [1.82, 2.24) is 0 Å². The first-order chi connectivity index (χ1) is 5.00. The van der Waals surface area contributed by atoms with Crippen LogP contribution in [-0.4, -0.2) is 39.2 Å². The molecule has 0 spiro atoms. The number of nitrogens with two attached hydrogens (primary N) is 2. The summed E-state index contributed by atoms with van der Waals surface area (Å²) in [5, 5.41) is 34.0. The topological polar surface area (TPSA) is 179 Å². The van der Waals surface area contributed by atoms with E-state index in [2.05, 4.69) is 16.3 Å². The van der Waals surface area contributed by atoms with Crippen molar-refractivity contribution in [2.45, 2.75) is 0 Å². The molecular formula is CH9BN2O7. The van der Waals surface area contributed by atoms with Crippen LogP contribution >= 0.6 is 0 Å². The van der Waals surface area contributed by atoms with E-state index in [9.17, 15) is 0 Å². The second-order valence-corrected chi connectivity index (χ2v) is 0.834. The van der Waals surface area contributed by atoms with Gasteiger partial charge in [0.2, 0.25) is 0 Å². The zero-order chi connectivity index (χ0) is 9.86. The number of hydrogen-bond donors (Lipinski definition) is 7. The van der Waals surface area contributed by atoms with Gasteiger partial charge in [0.1, 0.15) is 0 Å². The lowest BCUT2D eigenvalue weighted by atomic mass is 10.3. The largest absolute Gasteiger partial charge is 0.662 e. The molecule has 0 aliphatic heterocycles. The molecule has 0 unspecified atom stereocenters. The summed E-state index contributed by atoms with van der Waals surface area (Å²) in [7, 11) is -2.06. The number of carbonyl (C=O) groups is 1. The Labute approximate surface area is 61.5 Å². The molecule has 11 heavy (non-hydrogen) atoms. The molecule has 0 aromatic heterocycles. The number of amides is 2. The van der Waals surface area contributed by atoms with Crippen LogP contribution in [-0.2, 0) is 4.81 Å². The first-order valence-corrected chi connectivity index (χ1v) is 1.92. The van der Waals surface area contributed by atoms with E-state index in [4.69, 9.17) is 30.6 Å². The van der Waals surface area contributed by atoms with E-state index in [0.717, 1.165) is 0 Å². The predicted octanol–water partition coefficient (Wildman–Crippen LogP) is -2.51. The summed E-state index contributed by atoms with van der Waals surface area (Å²) in [4.78, 5) is 11.9. The Kier molecular flexibility index (Phi) is 24.2. The molecule has 0 radical (unpaired) electrons. The highest BCUT2D eigenvalue weighted by atomic mass is 17.1. The Balaban J connectivity index is -0.0000000965. The summed E-state index contributed by atoms with van der Waals surface area (Å²) in [6.07, 6.45) is 0. The molecule has 0 bridgehead atoms. The van der Waals surface area contributed by atoms with Crippen LogP contribution in [0.25, 0.3) is 0 Å². The first kappa shape index (κ1) is 16.6. The second kappa shape index (κ2) is 16.0. The van der Waals surface area contributed by atoms with Crippen LogP contribution in [0.5, 0.6) is 0 Å². The molecule has 0 fully saturated rings. The summed E-state index contributed by atoms with van der Waals surface area (Å²) in [6.45, 7) is 0. The van der Waals surface area contributed by atoms with Crippen molar-refractivity contribution < 1.29 is 35.4 Å². The average molecular weight is 172 g/mol. The quantitative estimate of drug-likeness (QED) is 0.129. The summed E-state index contributed by atoms with van der Waals surface area (Å²) >= 11 is 0. The fourth-order valence-corrected chi connectivity index (χ4v) is 0. The molecule has 0 aliphatic rings. The van der Waals surface area contributed by atoms with Crippen LogP contribution < -0.4 is 11.5 Å². The first-order valence-electron chi connectivity index (χ1n) is 1.92. The minimum absolute atomic E-state index is 0.833. The number of primary amides is 2. The highest BCUT2D eigenvalue weighted by Gasteiger charge is 2.03. The molecule has 0 atom stereocenters. The van der Waals surface area contributed by atoms with Gasteiger partial charge in [-0.1, -0.05) is 0 Å². The van der Waals surface area contributed by atoms with Crippen LogP contribution in [0.3, 0.4) is 0 Å². The van der Waals surface area contributed by atoms with Crippen molar-refractivity contribution in [2.24, 2.45) is 11.5 Å². The van der Waals surface area contributed by atoms with Crippen LogP contribution in [0, 0.1) is 0 Å². The van der Waals surface area contributed by atoms with Crippen LogP contribution in [0.15, 0.2) is 0 Å². The SMILES string of the molecule is NC(N)=O.OO.OOB(O)O. The summed E-state index contributed by atoms with van der Waals surface area (Å²) in [5.74, 6) is 0. The highest BCUT2D eigenvalue weighted by molar-refractivity contribution is 6.32. The maximum atomic E-state index is 9.00. The molecule has 0 aromatic rings. The van der Waals surface area contributed by atoms with Crippen molar-refractivity contribution in [3.05, 3.63) is 0 Å². The third kappa shape index (κ3) is 382. The maximum Gasteiger partial charge on any atom is 0.662 e. The van der Waals surface area contributed by atoms with Gasteiger partial charge < -0.3 is 21.5 Å². The monoisotopic (exact) mass is 172 g/mol. The van der Waals surface area contributed by atoms with Gasteiger partial charge >= 0.3 is 13.4 Å². The molecular weight excluding hydrogens is 163 g/mol. The summed E-state index contributed by atoms with van der Waals surface area (Å²) < 4.78 is 0. The van der Waals surface area contributed by atoms with Crippen molar-refractivity contribution >= 4 is 13.4 Å². The second-order valence-electron chi connectivity index (χ2n) is 0.834. The molecule has 0 rings (SSSR count). The van der Waals surface area contributed by atoms with Gasteiger partial charge in [-0.15, -0.1) is 0 Å². The highest BCUT2D eigenvalue weighted by Crippen LogP contribution is 1.58. The standard InChI is InChI=1S/CH4N2O.BH3O4.H2O2/c2-1(3)4;2-1(3)5-4;1-2/h(H4,2,3,4);2-4H;1-2H. The summed E-state index contributed by atoms with van der Waals surface area (Å²) in [5.41, 5.74) is 8.50. The van der Waals surface area contributed by atoms with E-state index in [-0.39, 0.29) is 0 Å². The number of hydrogen-bond acceptors (Lipinski definition) is 7. The van der Waals surface area contributed by atoms with E-state index < -0.39 is 13.4 Å². The van der Waals surface area contributed by atoms with Gasteiger partial charge in [-0.3, -0.25) is 15.8 Å². The Bertz CT molecular complexity index is 72.8. The van der Waals surface area contributed by atoms with Crippen molar-refractivity contribution in [3.8, 4) is 0 Å². The molecule has 9 nitrogen and oxygen atoms in total. The Morgan fingerprint density at radius 1 is 1.27 bits per heavy atom. The smallest absolute Gasteiger partial charge is 0.400 e. The minimum atomic E-state index is -2.06. The van der Waals surface area contributed by atoms with E-state index in [0.29, 0.717) is 0 Å². The van der Waals surface area contributed by atoms with Gasteiger partial charge in [0.15, 0.2) is 0 Å². The third-order valence-electron chi connectivity index (χ3n) is 0.0943. The van der Waals surface area contributed by atoms with Crippen LogP contribution in [0.4, 0.5) is 4.79 Å². The maximum absolute atomic E-state index is 9.00. The van der Waals surface area contributed by atoms with Gasteiger partial charge in [-0.2, -0.15) is 0 Å². The molecule has 2 amide bonds. The van der Waals surface area contributed by atoms with Crippen LogP contribution in [0.2, 0.25) is 0 Å². The Hall–Kier alpha value is -0.905. The number of carbonyl (C=O) groups excluding carboxylic acids is 1. The molecule has 0 saturated carbocycles. The Morgan fingerprint density at radius 2 is 1.36 bits per heavy atom. The van der Waals surface area contributed by atoms with Crippen molar-refractivity contribution in [3.63, 3.8) is 0 Å². The molecule has 9 N–H and O–H groups in total. The minimum Gasteiger partial charge on any atom is -0.400 e. The zero-order valence-electron chi connectivity index (χ0n) is 5.28. The zero-order valence-corrected chi connectivity index (χ0v) is 5.28. The Morgan fingerprint density at radius 3 is 1.36 bits per heavy atom. The number of rotatable bonds is 1. The molecule has 0 saturated heterocycles. The van der Waals surface area contributed by atoms with Gasteiger partial charge in [0.05, 0.1) is 0 Å². The summed E-state index contributed by atoms with van der Waals surface area (Å²) in [6, 6.07) is -0.833. The third-order valence-corrected chi connectivity index (χ3v) is 0.0943. The van der Waals surface area contributed by atoms with E-state index >= 15 is 0 Å². The molecule has 0 heterocycles. The van der Waals surface area contributed by atoms with E-state index in [1.807, 2.05) is 0 Å². The number of urea groups is 1. The normalized spacial score (nSPS) is 6.27. The lowest BCUT2D eigenvalue weighted by Gasteiger charge is -1.82. The van der Waals surface area contributed by atoms with Crippen molar-refractivity contribution in [2.75, 3.05) is 0 Å².